The van der Waals surface area contributed by atoms with Crippen molar-refractivity contribution in [3.8, 4) is 0 Å². The smallest absolute Gasteiger partial charge is 0.361 e. The quantitative estimate of drug-likeness (QED) is 0.0211. The lowest BCUT2D eigenvalue weighted by atomic mass is 10.0. The Labute approximate surface area is 465 Å². The van der Waals surface area contributed by atoms with Crippen LogP contribution in [0.1, 0.15) is 322 Å². The molecule has 75 heavy (non-hydrogen) atoms. The van der Waals surface area contributed by atoms with Gasteiger partial charge in [-0.1, -0.05) is 289 Å². The van der Waals surface area contributed by atoms with E-state index in [9.17, 15) is 19.5 Å². The van der Waals surface area contributed by atoms with Crippen molar-refractivity contribution in [2.45, 2.75) is 334 Å². The Kier molecular flexibility index (Phi) is 56.2. The van der Waals surface area contributed by atoms with Gasteiger partial charge in [-0.3, -0.25) is 9.59 Å². The molecule has 0 spiro atoms. The largest absolute Gasteiger partial charge is 0.477 e. The van der Waals surface area contributed by atoms with E-state index in [0.29, 0.717) is 17.4 Å². The second-order valence-electron chi connectivity index (χ2n) is 23.4. The number of unbranched alkanes of at least 4 members (excludes halogenated alkanes) is 42. The molecule has 0 amide bonds. The fourth-order valence-electron chi connectivity index (χ4n) is 9.70. The number of rotatable bonds is 61. The predicted octanol–water partition coefficient (Wildman–Crippen LogP) is 19.5. The Bertz CT molecular complexity index is 1280. The molecule has 0 aliphatic carbocycles. The average molecular weight is 1060 g/mol. The summed E-state index contributed by atoms with van der Waals surface area (Å²) >= 11 is 0. The molecule has 0 bridgehead atoms. The van der Waals surface area contributed by atoms with Crippen LogP contribution in [0.5, 0.6) is 0 Å². The van der Waals surface area contributed by atoms with Crippen molar-refractivity contribution in [2.75, 3.05) is 47.5 Å². The first kappa shape index (κ1) is 72.8. The highest BCUT2D eigenvalue weighted by Crippen LogP contribution is 2.18. The summed E-state index contributed by atoms with van der Waals surface area (Å²) in [5, 5.41) is 9.67. The van der Waals surface area contributed by atoms with E-state index in [4.69, 9.17) is 18.9 Å². The Morgan fingerprint density at radius 2 is 0.720 bits per heavy atom. The molecular formula is C66H126NO8+. The van der Waals surface area contributed by atoms with Gasteiger partial charge in [-0.05, 0) is 44.9 Å². The van der Waals surface area contributed by atoms with E-state index in [1.165, 1.54) is 250 Å². The molecule has 0 heterocycles. The van der Waals surface area contributed by atoms with Gasteiger partial charge >= 0.3 is 17.9 Å². The maximum absolute atomic E-state index is 12.8. The summed E-state index contributed by atoms with van der Waals surface area (Å²) in [6.45, 7) is 4.88. The van der Waals surface area contributed by atoms with E-state index in [1.807, 2.05) is 21.1 Å². The van der Waals surface area contributed by atoms with Crippen LogP contribution in [0.4, 0.5) is 0 Å². The van der Waals surface area contributed by atoms with Crippen molar-refractivity contribution in [1.29, 1.82) is 0 Å². The molecule has 1 N–H and O–H groups in total. The number of carboxylic acids is 1. The normalized spacial score (nSPS) is 12.8. The Morgan fingerprint density at radius 1 is 0.400 bits per heavy atom. The average Bonchev–Trinajstić information content (AvgIpc) is 3.38. The van der Waals surface area contributed by atoms with Crippen molar-refractivity contribution in [1.82, 2.24) is 0 Å². The number of aliphatic carboxylic acids is 1. The van der Waals surface area contributed by atoms with E-state index < -0.39 is 18.4 Å². The molecular weight excluding hydrogens is 935 g/mol. The number of allylic oxidation sites excluding steroid dienone is 4. The summed E-state index contributed by atoms with van der Waals surface area (Å²) in [6.07, 6.45) is 67.6. The molecule has 0 aliphatic heterocycles. The van der Waals surface area contributed by atoms with Gasteiger partial charge in [-0.25, -0.2) is 4.79 Å². The third-order valence-electron chi connectivity index (χ3n) is 14.7. The second kappa shape index (κ2) is 57.9. The molecule has 442 valence electrons. The van der Waals surface area contributed by atoms with Gasteiger partial charge in [0.25, 0.3) is 6.29 Å². The van der Waals surface area contributed by atoms with E-state index >= 15 is 0 Å². The molecule has 0 aromatic heterocycles. The van der Waals surface area contributed by atoms with Gasteiger partial charge in [0.05, 0.1) is 34.4 Å². The standard InChI is InChI=1S/C66H125NO8/c1-6-8-10-12-14-16-17-18-19-20-21-22-23-24-25-26-27-28-29-30-31-32-33-34-35-36-37-38-39-40-41-42-43-44-45-46-47-49-51-53-55-57-64(69)75-62(61-74-66(65(70)71)72-59-58-67(3,4)5)60-73-63(68)56-54-52-50-48-15-13-11-9-7-2/h17-18,20-21,62,66H,6-16,19,22-61H2,1-5H3/p+1/b18-17-,21-20-. The molecule has 0 saturated heterocycles. The molecule has 0 aliphatic rings. The summed E-state index contributed by atoms with van der Waals surface area (Å²) < 4.78 is 22.8. The Balaban J connectivity index is 3.80. The lowest BCUT2D eigenvalue weighted by molar-refractivity contribution is -0.870. The first-order valence-electron chi connectivity index (χ1n) is 32.5. The number of nitrogens with zero attached hydrogens (tertiary/aromatic N) is 1. The van der Waals surface area contributed by atoms with Crippen molar-refractivity contribution < 1.29 is 42.9 Å². The maximum atomic E-state index is 12.8. The molecule has 9 heteroatoms. The fourth-order valence-corrected chi connectivity index (χ4v) is 9.70. The van der Waals surface area contributed by atoms with Crippen LogP contribution in [0, 0.1) is 0 Å². The van der Waals surface area contributed by atoms with Gasteiger partial charge in [-0.15, -0.1) is 0 Å². The van der Waals surface area contributed by atoms with Crippen LogP contribution in [0.15, 0.2) is 24.3 Å². The van der Waals surface area contributed by atoms with Gasteiger partial charge in [-0.2, -0.15) is 0 Å². The molecule has 0 radical (unpaired) electrons. The van der Waals surface area contributed by atoms with Gasteiger partial charge in [0, 0.05) is 12.8 Å². The molecule has 0 aromatic carbocycles. The molecule has 0 saturated carbocycles. The summed E-state index contributed by atoms with van der Waals surface area (Å²) in [7, 11) is 5.97. The third-order valence-corrected chi connectivity index (χ3v) is 14.7. The van der Waals surface area contributed by atoms with Gasteiger partial charge in [0.2, 0.25) is 0 Å². The summed E-state index contributed by atoms with van der Waals surface area (Å²) in [5.41, 5.74) is 0. The highest BCUT2D eigenvalue weighted by Gasteiger charge is 2.25. The third kappa shape index (κ3) is 59.3. The minimum absolute atomic E-state index is 0.175. The van der Waals surface area contributed by atoms with Gasteiger partial charge in [0.15, 0.2) is 6.10 Å². The van der Waals surface area contributed by atoms with E-state index in [2.05, 4.69) is 38.2 Å². The van der Waals surface area contributed by atoms with Crippen LogP contribution in [0.3, 0.4) is 0 Å². The van der Waals surface area contributed by atoms with E-state index in [-0.39, 0.29) is 38.2 Å². The number of hydrogen-bond donors (Lipinski definition) is 1. The lowest BCUT2D eigenvalue weighted by Crippen LogP contribution is -2.40. The van der Waals surface area contributed by atoms with Crippen LogP contribution in [-0.2, 0) is 33.3 Å². The maximum Gasteiger partial charge on any atom is 0.361 e. The van der Waals surface area contributed by atoms with Crippen molar-refractivity contribution >= 4 is 17.9 Å². The fraction of sp³-hybridized carbons (Fsp3) is 0.894. The number of likely N-dealkylation sites (N-methyl/N-ethyl adjacent to an activating group) is 1. The number of esters is 2. The topological polar surface area (TPSA) is 108 Å². The van der Waals surface area contributed by atoms with E-state index in [1.54, 1.807) is 0 Å². The molecule has 0 fully saturated rings. The first-order chi connectivity index (χ1) is 36.6. The summed E-state index contributed by atoms with van der Waals surface area (Å²) in [6, 6.07) is 0. The number of carbonyl (C=O) groups is 3. The lowest BCUT2D eigenvalue weighted by Gasteiger charge is -2.25. The van der Waals surface area contributed by atoms with Crippen molar-refractivity contribution in [3.05, 3.63) is 24.3 Å². The second-order valence-corrected chi connectivity index (χ2v) is 23.4. The van der Waals surface area contributed by atoms with Crippen LogP contribution >= 0.6 is 0 Å². The van der Waals surface area contributed by atoms with Crippen LogP contribution in [-0.4, -0.2) is 87.4 Å². The van der Waals surface area contributed by atoms with Crippen molar-refractivity contribution in [2.24, 2.45) is 0 Å². The molecule has 0 rings (SSSR count). The minimum atomic E-state index is -1.50. The number of carbonyl (C=O) groups excluding carboxylic acids is 2. The Hall–Kier alpha value is -2.23. The summed E-state index contributed by atoms with van der Waals surface area (Å²) in [4.78, 5) is 37.2. The molecule has 9 nitrogen and oxygen atoms in total. The number of ether oxygens (including phenoxy) is 4. The summed E-state index contributed by atoms with van der Waals surface area (Å²) in [5.74, 6) is -1.99. The zero-order valence-corrected chi connectivity index (χ0v) is 50.5. The monoisotopic (exact) mass is 1060 g/mol. The van der Waals surface area contributed by atoms with E-state index in [0.717, 1.165) is 44.9 Å². The molecule has 2 unspecified atom stereocenters. The zero-order chi connectivity index (χ0) is 54.8. The number of carboxylic acid groups (broad SMARTS) is 1. The van der Waals surface area contributed by atoms with Crippen molar-refractivity contribution in [3.63, 3.8) is 0 Å². The highest BCUT2D eigenvalue weighted by atomic mass is 16.7. The molecule has 2 atom stereocenters. The predicted molar refractivity (Wildman–Crippen MR) is 318 cm³/mol. The number of quaternary nitrogens is 1. The van der Waals surface area contributed by atoms with Gasteiger partial charge < -0.3 is 28.5 Å². The zero-order valence-electron chi connectivity index (χ0n) is 50.5. The molecule has 0 aromatic rings. The first-order valence-corrected chi connectivity index (χ1v) is 32.5. The number of hydrogen-bond acceptors (Lipinski definition) is 7. The van der Waals surface area contributed by atoms with Crippen LogP contribution < -0.4 is 0 Å². The van der Waals surface area contributed by atoms with Crippen LogP contribution in [0.2, 0.25) is 0 Å². The SMILES string of the molecule is CCCCCCC/C=C\C/C=C\CCCCCCCCCCCCCCCCCCCCCCCCCCCCCCCC(=O)OC(COC(=O)CCCCCCCCCCC)COC(OCC[N+](C)(C)C)C(=O)O. The minimum Gasteiger partial charge on any atom is -0.477 e. The van der Waals surface area contributed by atoms with Gasteiger partial charge in [0.1, 0.15) is 13.2 Å². The van der Waals surface area contributed by atoms with Crippen LogP contribution in [0.25, 0.3) is 0 Å². The highest BCUT2D eigenvalue weighted by molar-refractivity contribution is 5.71. The Morgan fingerprint density at radius 3 is 1.05 bits per heavy atom.